The van der Waals surface area contributed by atoms with Crippen LogP contribution in [0.2, 0.25) is 0 Å². The molecular weight excluding hydrogens is 434 g/mol. The van der Waals surface area contributed by atoms with Crippen LogP contribution in [0.3, 0.4) is 0 Å². The Balaban J connectivity index is 1.98. The first kappa shape index (κ1) is 21.7. The zero-order valence-electron chi connectivity index (χ0n) is 14.9. The van der Waals surface area contributed by atoms with Crippen LogP contribution in [0.5, 0.6) is 0 Å². The molecule has 158 valence electrons. The Kier molecular flexibility index (Phi) is 5.76. The lowest BCUT2D eigenvalue weighted by Gasteiger charge is -2.22. The molecule has 0 aliphatic carbocycles. The van der Waals surface area contributed by atoms with Crippen molar-refractivity contribution in [1.29, 1.82) is 0 Å². The maximum Gasteiger partial charge on any atom is 0.417 e. The van der Waals surface area contributed by atoms with Crippen LogP contribution in [-0.2, 0) is 26.0 Å². The Labute approximate surface area is 165 Å². The lowest BCUT2D eigenvalue weighted by atomic mass is 10.1. The largest absolute Gasteiger partial charge is 0.417 e. The third-order valence-corrected chi connectivity index (χ3v) is 8.83. The van der Waals surface area contributed by atoms with Crippen LogP contribution in [0.1, 0.15) is 22.8 Å². The fraction of sp³-hybridized carbons (Fsp3) is 0.333. The molecule has 1 unspecified atom stereocenters. The summed E-state index contributed by atoms with van der Waals surface area (Å²) in [7, 11) is -8.53. The minimum atomic E-state index is -4.89. The van der Waals surface area contributed by atoms with Crippen molar-refractivity contribution in [2.24, 2.45) is 0 Å². The van der Waals surface area contributed by atoms with Crippen molar-refractivity contribution in [2.75, 3.05) is 18.8 Å². The number of nitrogens with zero attached hydrogens (tertiary/aromatic N) is 1. The van der Waals surface area contributed by atoms with E-state index >= 15 is 0 Å². The maximum atomic E-state index is 14.1. The van der Waals surface area contributed by atoms with Gasteiger partial charge in [0.2, 0.25) is 10.0 Å². The SMILES string of the molecule is O=S1(=O)CCN(S(=O)(=O)c2ccccc2C(F)(F)F)CCC1c1ccccc1F. The van der Waals surface area contributed by atoms with E-state index in [1.54, 1.807) is 0 Å². The second-order valence-electron chi connectivity index (χ2n) is 6.56. The van der Waals surface area contributed by atoms with Crippen LogP contribution in [0.25, 0.3) is 0 Å². The summed E-state index contributed by atoms with van der Waals surface area (Å²) >= 11 is 0. The van der Waals surface area contributed by atoms with Gasteiger partial charge in [-0.2, -0.15) is 17.5 Å². The van der Waals surface area contributed by atoms with Gasteiger partial charge in [0.1, 0.15) is 5.82 Å². The van der Waals surface area contributed by atoms with Gasteiger partial charge in [-0.3, -0.25) is 0 Å². The Bertz CT molecular complexity index is 1110. The molecule has 0 aromatic heterocycles. The van der Waals surface area contributed by atoms with Crippen molar-refractivity contribution in [1.82, 2.24) is 4.31 Å². The number of hydrogen-bond acceptors (Lipinski definition) is 4. The van der Waals surface area contributed by atoms with E-state index in [4.69, 9.17) is 0 Å². The van der Waals surface area contributed by atoms with Crippen molar-refractivity contribution in [2.45, 2.75) is 22.7 Å². The van der Waals surface area contributed by atoms with Crippen molar-refractivity contribution >= 4 is 19.9 Å². The number of rotatable bonds is 3. The zero-order valence-corrected chi connectivity index (χ0v) is 16.6. The van der Waals surface area contributed by atoms with E-state index in [2.05, 4.69) is 0 Å². The van der Waals surface area contributed by atoms with Crippen molar-refractivity contribution < 1.29 is 34.4 Å². The third-order valence-electron chi connectivity index (χ3n) is 4.76. The average molecular weight is 451 g/mol. The van der Waals surface area contributed by atoms with E-state index in [9.17, 15) is 34.4 Å². The van der Waals surface area contributed by atoms with Gasteiger partial charge in [-0.25, -0.2) is 21.2 Å². The predicted octanol–water partition coefficient (Wildman–Crippen LogP) is 3.40. The molecule has 1 aliphatic rings. The van der Waals surface area contributed by atoms with E-state index in [1.165, 1.54) is 24.3 Å². The number of sulfone groups is 1. The Morgan fingerprint density at radius 3 is 2.24 bits per heavy atom. The van der Waals surface area contributed by atoms with E-state index in [0.717, 1.165) is 22.5 Å². The molecule has 3 rings (SSSR count). The molecule has 2 aromatic carbocycles. The van der Waals surface area contributed by atoms with Crippen LogP contribution < -0.4 is 0 Å². The highest BCUT2D eigenvalue weighted by Crippen LogP contribution is 2.37. The summed E-state index contributed by atoms with van der Waals surface area (Å²) in [5.41, 5.74) is -1.40. The maximum absolute atomic E-state index is 14.1. The zero-order chi connectivity index (χ0) is 21.4. The lowest BCUT2D eigenvalue weighted by Crippen LogP contribution is -2.34. The van der Waals surface area contributed by atoms with E-state index in [1.807, 2.05) is 0 Å². The van der Waals surface area contributed by atoms with Crippen LogP contribution in [0.4, 0.5) is 17.6 Å². The van der Waals surface area contributed by atoms with E-state index in [-0.39, 0.29) is 18.5 Å². The van der Waals surface area contributed by atoms with Crippen LogP contribution in [-0.4, -0.2) is 40.0 Å². The van der Waals surface area contributed by atoms with Gasteiger partial charge in [-0.15, -0.1) is 0 Å². The molecule has 1 saturated heterocycles. The lowest BCUT2D eigenvalue weighted by molar-refractivity contribution is -0.139. The summed E-state index contributed by atoms with van der Waals surface area (Å²) < 4.78 is 106. The number of sulfonamides is 1. The Morgan fingerprint density at radius 2 is 1.59 bits per heavy atom. The highest BCUT2D eigenvalue weighted by atomic mass is 32.2. The fourth-order valence-electron chi connectivity index (χ4n) is 3.31. The monoisotopic (exact) mass is 451 g/mol. The molecule has 0 amide bonds. The van der Waals surface area contributed by atoms with Crippen LogP contribution in [0, 0.1) is 5.82 Å². The molecule has 11 heteroatoms. The van der Waals surface area contributed by atoms with Gasteiger partial charge >= 0.3 is 6.18 Å². The quantitative estimate of drug-likeness (QED) is 0.671. The molecule has 5 nitrogen and oxygen atoms in total. The minimum absolute atomic E-state index is 0.0811. The van der Waals surface area contributed by atoms with Gasteiger partial charge < -0.3 is 0 Å². The minimum Gasteiger partial charge on any atom is -0.228 e. The first-order valence-corrected chi connectivity index (χ1v) is 11.7. The molecule has 0 bridgehead atoms. The Hall–Kier alpha value is -1.98. The standard InChI is InChI=1S/C18H17F4NO4S2/c19-15-7-3-1-5-13(15)16-9-10-23(11-12-28(16,24)25)29(26,27)17-8-4-2-6-14(17)18(20,21)22/h1-8,16H,9-12H2. The smallest absolute Gasteiger partial charge is 0.228 e. The van der Waals surface area contributed by atoms with Gasteiger partial charge in [-0.1, -0.05) is 30.3 Å². The molecule has 1 aliphatic heterocycles. The van der Waals surface area contributed by atoms with Crippen molar-refractivity contribution in [3.05, 3.63) is 65.5 Å². The fourth-order valence-corrected chi connectivity index (χ4v) is 6.90. The topological polar surface area (TPSA) is 71.5 Å². The molecule has 2 aromatic rings. The summed E-state index contributed by atoms with van der Waals surface area (Å²) in [6.45, 7) is -0.867. The van der Waals surface area contributed by atoms with Crippen LogP contribution in [0.15, 0.2) is 53.4 Å². The summed E-state index contributed by atoms with van der Waals surface area (Å²) in [6.07, 6.45) is -5.16. The summed E-state index contributed by atoms with van der Waals surface area (Å²) in [5, 5.41) is -1.28. The van der Waals surface area contributed by atoms with Gasteiger partial charge in [0.25, 0.3) is 0 Å². The molecule has 0 N–H and O–H groups in total. The van der Waals surface area contributed by atoms with E-state index in [0.29, 0.717) is 6.07 Å². The molecule has 29 heavy (non-hydrogen) atoms. The molecule has 0 radical (unpaired) electrons. The van der Waals surface area contributed by atoms with E-state index < -0.39 is 59.9 Å². The number of benzene rings is 2. The van der Waals surface area contributed by atoms with Gasteiger partial charge in [0.05, 0.1) is 21.5 Å². The van der Waals surface area contributed by atoms with Crippen LogP contribution >= 0.6 is 0 Å². The number of hydrogen-bond donors (Lipinski definition) is 0. The van der Waals surface area contributed by atoms with Crippen molar-refractivity contribution in [3.63, 3.8) is 0 Å². The first-order valence-electron chi connectivity index (χ1n) is 8.57. The summed E-state index contributed by atoms with van der Waals surface area (Å²) in [6, 6.07) is 9.00. The first-order chi connectivity index (χ1) is 13.4. The highest BCUT2D eigenvalue weighted by Gasteiger charge is 2.41. The van der Waals surface area contributed by atoms with Gasteiger partial charge in [0.15, 0.2) is 9.84 Å². The molecule has 0 spiro atoms. The molecule has 1 fully saturated rings. The van der Waals surface area contributed by atoms with Gasteiger partial charge in [0, 0.05) is 18.7 Å². The Morgan fingerprint density at radius 1 is 0.966 bits per heavy atom. The highest BCUT2D eigenvalue weighted by molar-refractivity contribution is 7.92. The number of halogens is 4. The third kappa shape index (κ3) is 4.31. The van der Waals surface area contributed by atoms with Crippen molar-refractivity contribution in [3.8, 4) is 0 Å². The molecule has 1 heterocycles. The normalized spacial score (nSPS) is 20.9. The second-order valence-corrected chi connectivity index (χ2v) is 10.8. The molecular formula is C18H17F4NO4S2. The molecule has 0 saturated carbocycles. The summed E-state index contributed by atoms with van der Waals surface area (Å²) in [5.74, 6) is -1.36. The molecule has 1 atom stereocenters. The summed E-state index contributed by atoms with van der Waals surface area (Å²) in [4.78, 5) is -0.936. The average Bonchev–Trinajstić information content (AvgIpc) is 2.80. The second kappa shape index (κ2) is 7.69. The van der Waals surface area contributed by atoms with Gasteiger partial charge in [-0.05, 0) is 24.6 Å². The predicted molar refractivity (Wildman–Crippen MR) is 97.7 cm³/mol. The number of alkyl halides is 3.